The molecule has 0 spiro atoms. The van der Waals surface area contributed by atoms with Crippen molar-refractivity contribution in [2.24, 2.45) is 0 Å². The van der Waals surface area contributed by atoms with Gasteiger partial charge in [0.15, 0.2) is 0 Å². The minimum atomic E-state index is 0.591. The van der Waals surface area contributed by atoms with Gasteiger partial charge in [-0.25, -0.2) is 4.68 Å². The van der Waals surface area contributed by atoms with Crippen LogP contribution in [0.15, 0.2) is 40.5 Å². The number of benzene rings is 1. The van der Waals surface area contributed by atoms with Gasteiger partial charge in [-0.2, -0.15) is 5.10 Å². The van der Waals surface area contributed by atoms with Crippen LogP contribution >= 0.6 is 39.1 Å². The van der Waals surface area contributed by atoms with Crippen LogP contribution in [0.4, 0.5) is 0 Å². The molecule has 0 atom stereocenters. The molecule has 0 amide bonds. The van der Waals surface area contributed by atoms with Gasteiger partial charge in [-0.05, 0) is 63.1 Å². The Morgan fingerprint density at radius 2 is 1.62 bits per heavy atom. The van der Waals surface area contributed by atoms with Crippen molar-refractivity contribution < 1.29 is 0 Å². The van der Waals surface area contributed by atoms with E-state index in [0.29, 0.717) is 10.0 Å². The molecule has 0 fully saturated rings. The molecule has 1 aromatic carbocycles. The Kier molecular flexibility index (Phi) is 8.28. The average molecular weight is 430 g/mol. The molecule has 0 aliphatic heterocycles. The third-order valence-corrected chi connectivity index (χ3v) is 4.70. The minimum Gasteiger partial charge on any atom is -0.233 e. The first-order valence-electron chi connectivity index (χ1n) is 7.82. The van der Waals surface area contributed by atoms with E-state index in [9.17, 15) is 0 Å². The van der Waals surface area contributed by atoms with Crippen molar-refractivity contribution >= 4 is 44.7 Å². The molecule has 0 radical (unpaired) electrons. The third kappa shape index (κ3) is 5.23. The predicted molar refractivity (Wildman–Crippen MR) is 111 cm³/mol. The summed E-state index contributed by atoms with van der Waals surface area (Å²) in [6.07, 6.45) is 3.94. The fourth-order valence-corrected chi connectivity index (χ4v) is 3.03. The smallest absolute Gasteiger partial charge is 0.0727 e. The Labute approximate surface area is 163 Å². The summed E-state index contributed by atoms with van der Waals surface area (Å²) in [5.41, 5.74) is 5.31. The third-order valence-electron chi connectivity index (χ3n) is 3.24. The molecule has 2 nitrogen and oxygen atoms in total. The Bertz CT molecular complexity index is 749. The number of halogens is 3. The molecule has 0 saturated heterocycles. The van der Waals surface area contributed by atoms with Gasteiger partial charge >= 0.3 is 0 Å². The fraction of sp³-hybridized carbons (Fsp3) is 0.316. The molecule has 0 N–H and O–H groups in total. The zero-order chi connectivity index (χ0) is 18.4. The summed E-state index contributed by atoms with van der Waals surface area (Å²) in [5, 5.41) is 5.65. The molecule has 1 aromatic heterocycles. The van der Waals surface area contributed by atoms with Crippen LogP contribution < -0.4 is 0 Å². The molecule has 1 heterocycles. The number of nitrogens with zero attached hydrogens (tertiary/aromatic N) is 2. The Morgan fingerprint density at radius 3 is 2.12 bits per heavy atom. The highest BCUT2D eigenvalue weighted by molar-refractivity contribution is 9.11. The highest BCUT2D eigenvalue weighted by Gasteiger charge is 2.12. The molecule has 130 valence electrons. The van der Waals surface area contributed by atoms with Crippen LogP contribution in [0.2, 0.25) is 10.0 Å². The molecule has 0 aliphatic carbocycles. The van der Waals surface area contributed by atoms with Gasteiger partial charge in [0, 0.05) is 14.5 Å². The van der Waals surface area contributed by atoms with Crippen molar-refractivity contribution in [3.8, 4) is 5.69 Å². The van der Waals surface area contributed by atoms with Gasteiger partial charge in [0.2, 0.25) is 0 Å². The lowest BCUT2D eigenvalue weighted by Gasteiger charge is -2.10. The maximum Gasteiger partial charge on any atom is 0.0727 e. The second-order valence-electron chi connectivity index (χ2n) is 5.39. The van der Waals surface area contributed by atoms with Crippen molar-refractivity contribution in [1.29, 1.82) is 0 Å². The van der Waals surface area contributed by atoms with E-state index in [0.717, 1.165) is 27.0 Å². The van der Waals surface area contributed by atoms with Gasteiger partial charge in [-0.1, -0.05) is 58.6 Å². The summed E-state index contributed by atoms with van der Waals surface area (Å²) >= 11 is 15.8. The first-order valence-corrected chi connectivity index (χ1v) is 9.37. The van der Waals surface area contributed by atoms with Crippen LogP contribution in [0.3, 0.4) is 0 Å². The quantitative estimate of drug-likeness (QED) is 0.459. The first kappa shape index (κ1) is 21.0. The maximum atomic E-state index is 6.11. The molecule has 2 rings (SSSR count). The van der Waals surface area contributed by atoms with Gasteiger partial charge in [-0.15, -0.1) is 0 Å². The largest absolute Gasteiger partial charge is 0.233 e. The van der Waals surface area contributed by atoms with Crippen LogP contribution in [0, 0.1) is 6.92 Å². The maximum absolute atomic E-state index is 6.11. The van der Waals surface area contributed by atoms with Gasteiger partial charge in [0.25, 0.3) is 0 Å². The standard InChI is InChI=1S/C17H17BrCl2N2.C2H6/c1-10(2)16(18)5-11(3)17-12(4)9-21-22(17)15-7-13(19)6-14(20)8-15;1-2/h5-9H,1-4H3;1-2H3/b11-5+;. The number of aromatic nitrogens is 2. The second-order valence-corrected chi connectivity index (χ2v) is 7.12. The van der Waals surface area contributed by atoms with Crippen molar-refractivity contribution in [3.63, 3.8) is 0 Å². The Hall–Kier alpha value is -1.03. The van der Waals surface area contributed by atoms with Gasteiger partial charge in [0.1, 0.15) is 0 Å². The molecular weight excluding hydrogens is 407 g/mol. The average Bonchev–Trinajstić information content (AvgIpc) is 2.90. The SMILES string of the molecule is CC.CC(C)=C(Br)/C=C(\C)c1c(C)cnn1-c1cc(Cl)cc(Cl)c1. The van der Waals surface area contributed by atoms with Crippen LogP contribution in [0.1, 0.15) is 45.9 Å². The van der Waals surface area contributed by atoms with Crippen LogP contribution in [-0.4, -0.2) is 9.78 Å². The molecular formula is C19H23BrCl2N2. The van der Waals surface area contributed by atoms with E-state index in [2.05, 4.69) is 47.9 Å². The minimum absolute atomic E-state index is 0.591. The number of rotatable bonds is 3. The van der Waals surface area contributed by atoms with Gasteiger partial charge < -0.3 is 0 Å². The molecule has 0 saturated carbocycles. The molecule has 5 heteroatoms. The summed E-state index contributed by atoms with van der Waals surface area (Å²) in [4.78, 5) is 0. The topological polar surface area (TPSA) is 17.8 Å². The van der Waals surface area contributed by atoms with Crippen LogP contribution in [0.25, 0.3) is 11.3 Å². The molecule has 0 aliphatic rings. The van der Waals surface area contributed by atoms with Crippen molar-refractivity contribution in [2.75, 3.05) is 0 Å². The van der Waals surface area contributed by atoms with Crippen molar-refractivity contribution in [1.82, 2.24) is 9.78 Å². The van der Waals surface area contributed by atoms with E-state index in [1.165, 1.54) is 5.57 Å². The van der Waals surface area contributed by atoms with E-state index in [4.69, 9.17) is 23.2 Å². The van der Waals surface area contributed by atoms with E-state index in [1.807, 2.05) is 43.8 Å². The van der Waals surface area contributed by atoms with E-state index in [1.54, 1.807) is 6.07 Å². The first-order chi connectivity index (χ1) is 11.3. The van der Waals surface area contributed by atoms with E-state index in [-0.39, 0.29) is 0 Å². The summed E-state index contributed by atoms with van der Waals surface area (Å²) in [6, 6.07) is 5.42. The number of hydrogen-bond acceptors (Lipinski definition) is 1. The lowest BCUT2D eigenvalue weighted by Crippen LogP contribution is -2.02. The molecule has 0 unspecified atom stereocenters. The lowest BCUT2D eigenvalue weighted by atomic mass is 10.1. The number of allylic oxidation sites excluding steroid dienone is 4. The summed E-state index contributed by atoms with van der Waals surface area (Å²) < 4.78 is 2.94. The summed E-state index contributed by atoms with van der Waals surface area (Å²) in [5.74, 6) is 0. The highest BCUT2D eigenvalue weighted by atomic mass is 79.9. The van der Waals surface area contributed by atoms with Crippen molar-refractivity contribution in [3.05, 3.63) is 61.8 Å². The van der Waals surface area contributed by atoms with Gasteiger partial charge in [0.05, 0.1) is 17.6 Å². The van der Waals surface area contributed by atoms with Crippen LogP contribution in [0.5, 0.6) is 0 Å². The lowest BCUT2D eigenvalue weighted by molar-refractivity contribution is 0.865. The summed E-state index contributed by atoms with van der Waals surface area (Å²) in [7, 11) is 0. The number of hydrogen-bond donors (Lipinski definition) is 0. The Morgan fingerprint density at radius 1 is 1.08 bits per heavy atom. The van der Waals surface area contributed by atoms with E-state index < -0.39 is 0 Å². The monoisotopic (exact) mass is 428 g/mol. The zero-order valence-corrected chi connectivity index (χ0v) is 18.0. The van der Waals surface area contributed by atoms with Crippen molar-refractivity contribution in [2.45, 2.75) is 41.5 Å². The van der Waals surface area contributed by atoms with Crippen LogP contribution in [-0.2, 0) is 0 Å². The number of aryl methyl sites for hydroxylation is 1. The molecule has 2 aromatic rings. The summed E-state index contributed by atoms with van der Waals surface area (Å²) in [6.45, 7) is 12.2. The fourth-order valence-electron chi connectivity index (χ4n) is 2.17. The van der Waals surface area contributed by atoms with E-state index >= 15 is 0 Å². The Balaban J connectivity index is 0.00000139. The predicted octanol–water partition coefficient (Wildman–Crippen LogP) is 7.61. The molecule has 0 bridgehead atoms. The second kappa shape index (κ2) is 9.45. The molecule has 24 heavy (non-hydrogen) atoms. The van der Waals surface area contributed by atoms with Gasteiger partial charge in [-0.3, -0.25) is 0 Å². The normalized spacial score (nSPS) is 11.0. The zero-order valence-electron chi connectivity index (χ0n) is 14.9. The highest BCUT2D eigenvalue weighted by Crippen LogP contribution is 2.28.